The number of fused-ring (bicyclic) bond motifs is 2. The molecule has 0 aromatic heterocycles. The third kappa shape index (κ3) is 3.01. The lowest BCUT2D eigenvalue weighted by atomic mass is 9.72. The third-order valence-corrected chi connectivity index (χ3v) is 6.90. The van der Waals surface area contributed by atoms with Gasteiger partial charge in [-0.25, -0.2) is 4.39 Å². The lowest BCUT2D eigenvalue weighted by Gasteiger charge is -2.35. The van der Waals surface area contributed by atoms with E-state index < -0.39 is 11.5 Å². The van der Waals surface area contributed by atoms with Gasteiger partial charge in [-0.3, -0.25) is 9.59 Å². The molecular formula is C24H25FN2O3. The quantitative estimate of drug-likeness (QED) is 0.840. The summed E-state index contributed by atoms with van der Waals surface area (Å²) >= 11 is 0. The molecule has 2 unspecified atom stereocenters. The van der Waals surface area contributed by atoms with Gasteiger partial charge in [0.15, 0.2) is 0 Å². The minimum Gasteiger partial charge on any atom is -0.381 e. The van der Waals surface area contributed by atoms with Crippen molar-refractivity contribution < 1.29 is 18.7 Å². The molecule has 5 nitrogen and oxygen atoms in total. The molecule has 0 bridgehead atoms. The van der Waals surface area contributed by atoms with Gasteiger partial charge in [0, 0.05) is 31.9 Å². The normalized spacial score (nSPS) is 26.1. The smallest absolute Gasteiger partial charge is 0.237 e. The summed E-state index contributed by atoms with van der Waals surface area (Å²) in [6, 6.07) is 13.5. The molecule has 156 valence electrons. The zero-order valence-electron chi connectivity index (χ0n) is 16.8. The highest BCUT2D eigenvalue weighted by molar-refractivity contribution is 6.07. The van der Waals surface area contributed by atoms with E-state index in [1.54, 1.807) is 12.1 Å². The van der Waals surface area contributed by atoms with Gasteiger partial charge < -0.3 is 15.0 Å². The minimum atomic E-state index is -0.847. The van der Waals surface area contributed by atoms with E-state index in [1.165, 1.54) is 12.1 Å². The fourth-order valence-corrected chi connectivity index (χ4v) is 5.38. The van der Waals surface area contributed by atoms with Crippen molar-refractivity contribution in [3.05, 3.63) is 65.5 Å². The Kier molecular flexibility index (Phi) is 4.82. The van der Waals surface area contributed by atoms with Crippen LogP contribution < -0.4 is 5.32 Å². The maximum atomic E-state index is 13.7. The van der Waals surface area contributed by atoms with Crippen LogP contribution in [0.2, 0.25) is 0 Å². The molecule has 0 saturated carbocycles. The van der Waals surface area contributed by atoms with Crippen molar-refractivity contribution >= 4 is 17.5 Å². The second-order valence-corrected chi connectivity index (χ2v) is 8.52. The average Bonchev–Trinajstić information content (AvgIpc) is 3.29. The summed E-state index contributed by atoms with van der Waals surface area (Å²) in [6.45, 7) is 1.89. The van der Waals surface area contributed by atoms with Crippen molar-refractivity contribution in [2.24, 2.45) is 5.92 Å². The zero-order chi connectivity index (χ0) is 20.7. The summed E-state index contributed by atoms with van der Waals surface area (Å²) in [4.78, 5) is 28.6. The van der Waals surface area contributed by atoms with E-state index in [0.29, 0.717) is 38.5 Å². The third-order valence-electron chi connectivity index (χ3n) is 6.90. The Morgan fingerprint density at radius 3 is 2.63 bits per heavy atom. The highest BCUT2D eigenvalue weighted by Gasteiger charge is 2.59. The van der Waals surface area contributed by atoms with Crippen LogP contribution in [-0.4, -0.2) is 36.5 Å². The second-order valence-electron chi connectivity index (χ2n) is 8.52. The molecule has 2 amide bonds. The van der Waals surface area contributed by atoms with E-state index in [-0.39, 0.29) is 17.6 Å². The molecule has 1 N–H and O–H groups in total. The second kappa shape index (κ2) is 7.51. The van der Waals surface area contributed by atoms with Gasteiger partial charge in [0.2, 0.25) is 11.8 Å². The van der Waals surface area contributed by atoms with Gasteiger partial charge in [0.05, 0.1) is 6.04 Å². The van der Waals surface area contributed by atoms with Crippen LogP contribution in [0.1, 0.15) is 42.9 Å². The Hall–Kier alpha value is -2.73. The fourth-order valence-electron chi connectivity index (χ4n) is 5.38. The van der Waals surface area contributed by atoms with E-state index in [2.05, 4.69) is 5.32 Å². The molecule has 2 aromatic carbocycles. The van der Waals surface area contributed by atoms with Crippen molar-refractivity contribution in [1.29, 1.82) is 0 Å². The van der Waals surface area contributed by atoms with Gasteiger partial charge in [-0.2, -0.15) is 0 Å². The Labute approximate surface area is 175 Å². The fraction of sp³-hybridized carbons (Fsp3) is 0.417. The number of rotatable bonds is 3. The molecule has 2 atom stereocenters. The summed E-state index contributed by atoms with van der Waals surface area (Å²) in [6.07, 6.45) is 2.78. The first kappa shape index (κ1) is 19.2. The van der Waals surface area contributed by atoms with Crippen LogP contribution in [0.5, 0.6) is 0 Å². The maximum absolute atomic E-state index is 13.7. The Bertz CT molecular complexity index is 971. The van der Waals surface area contributed by atoms with Crippen LogP contribution in [0.15, 0.2) is 48.5 Å². The van der Waals surface area contributed by atoms with Gasteiger partial charge >= 0.3 is 0 Å². The average molecular weight is 408 g/mol. The molecule has 30 heavy (non-hydrogen) atoms. The number of nitrogens with zero attached hydrogens (tertiary/aromatic N) is 1. The summed E-state index contributed by atoms with van der Waals surface area (Å²) in [5.41, 5.74) is 1.67. The molecular weight excluding hydrogens is 383 g/mol. The molecule has 3 heterocycles. The van der Waals surface area contributed by atoms with Crippen LogP contribution in [0.3, 0.4) is 0 Å². The molecule has 3 aliphatic heterocycles. The van der Waals surface area contributed by atoms with Gasteiger partial charge in [-0.1, -0.05) is 30.3 Å². The SMILES string of the molecule is O=C(CC1CCOCC1)N1CCC2(C(=O)Nc3ccccc32)C1c1ccc(F)cc1. The molecule has 1 spiro atoms. The van der Waals surface area contributed by atoms with Gasteiger partial charge in [-0.05, 0) is 54.5 Å². The molecule has 2 fully saturated rings. The van der Waals surface area contributed by atoms with Crippen molar-refractivity contribution in [1.82, 2.24) is 4.90 Å². The van der Waals surface area contributed by atoms with E-state index in [0.717, 1.165) is 29.7 Å². The van der Waals surface area contributed by atoms with E-state index >= 15 is 0 Å². The van der Waals surface area contributed by atoms with Crippen LogP contribution in [0.4, 0.5) is 10.1 Å². The standard InChI is InChI=1S/C24H25FN2O3/c25-18-7-5-17(6-8-18)22-24(19-3-1-2-4-20(19)26-23(24)29)11-12-27(22)21(28)15-16-9-13-30-14-10-16/h1-8,16,22H,9-15H2,(H,26,29). The van der Waals surface area contributed by atoms with Crippen molar-refractivity contribution in [3.8, 4) is 0 Å². The van der Waals surface area contributed by atoms with Crippen LogP contribution >= 0.6 is 0 Å². The van der Waals surface area contributed by atoms with Gasteiger partial charge in [0.25, 0.3) is 0 Å². The first-order chi connectivity index (χ1) is 14.6. The summed E-state index contributed by atoms with van der Waals surface area (Å²) in [7, 11) is 0. The van der Waals surface area contributed by atoms with Crippen molar-refractivity contribution in [3.63, 3.8) is 0 Å². The van der Waals surface area contributed by atoms with Crippen molar-refractivity contribution in [2.45, 2.75) is 37.1 Å². The number of benzene rings is 2. The monoisotopic (exact) mass is 408 g/mol. The highest BCUT2D eigenvalue weighted by Crippen LogP contribution is 2.54. The summed E-state index contributed by atoms with van der Waals surface area (Å²) in [5, 5.41) is 3.01. The van der Waals surface area contributed by atoms with Crippen molar-refractivity contribution in [2.75, 3.05) is 25.1 Å². The summed E-state index contributed by atoms with van der Waals surface area (Å²) in [5.74, 6) is -0.0480. The molecule has 2 aromatic rings. The number of amides is 2. The Balaban J connectivity index is 1.54. The number of anilines is 1. The maximum Gasteiger partial charge on any atom is 0.237 e. The van der Waals surface area contributed by atoms with Crippen LogP contribution in [0, 0.1) is 11.7 Å². The number of carbonyl (C=O) groups is 2. The lowest BCUT2D eigenvalue weighted by Crippen LogP contribution is -2.43. The lowest BCUT2D eigenvalue weighted by molar-refractivity contribution is -0.135. The highest BCUT2D eigenvalue weighted by atomic mass is 19.1. The van der Waals surface area contributed by atoms with E-state index in [1.807, 2.05) is 29.2 Å². The molecule has 0 aliphatic carbocycles. The number of nitrogens with one attached hydrogen (secondary N) is 1. The Morgan fingerprint density at radius 1 is 1.13 bits per heavy atom. The van der Waals surface area contributed by atoms with Gasteiger partial charge in [0.1, 0.15) is 11.2 Å². The topological polar surface area (TPSA) is 58.6 Å². The predicted molar refractivity (Wildman–Crippen MR) is 110 cm³/mol. The molecule has 0 radical (unpaired) electrons. The Morgan fingerprint density at radius 2 is 1.87 bits per heavy atom. The number of halogens is 1. The number of hydrogen-bond donors (Lipinski definition) is 1. The molecule has 3 aliphatic rings. The van der Waals surface area contributed by atoms with E-state index in [4.69, 9.17) is 4.74 Å². The number of likely N-dealkylation sites (tertiary alicyclic amines) is 1. The van der Waals surface area contributed by atoms with Crippen LogP contribution in [0.25, 0.3) is 0 Å². The largest absolute Gasteiger partial charge is 0.381 e. The number of hydrogen-bond acceptors (Lipinski definition) is 3. The van der Waals surface area contributed by atoms with Crippen LogP contribution in [-0.2, 0) is 19.7 Å². The molecule has 2 saturated heterocycles. The van der Waals surface area contributed by atoms with Gasteiger partial charge in [-0.15, -0.1) is 0 Å². The molecule has 6 heteroatoms. The minimum absolute atomic E-state index is 0.0604. The molecule has 5 rings (SSSR count). The number of para-hydroxylation sites is 1. The number of ether oxygens (including phenoxy) is 1. The van der Waals surface area contributed by atoms with E-state index in [9.17, 15) is 14.0 Å². The number of carbonyl (C=O) groups excluding carboxylic acids is 2. The predicted octanol–water partition coefficient (Wildman–Crippen LogP) is 3.81. The summed E-state index contributed by atoms with van der Waals surface area (Å²) < 4.78 is 19.1. The first-order valence-corrected chi connectivity index (χ1v) is 10.6. The zero-order valence-corrected chi connectivity index (χ0v) is 16.8. The first-order valence-electron chi connectivity index (χ1n) is 10.6.